The normalized spacial score (nSPS) is 18.2. The summed E-state index contributed by atoms with van der Waals surface area (Å²) in [5.74, 6) is 1.09. The van der Waals surface area contributed by atoms with Crippen LogP contribution in [0, 0.1) is 6.92 Å². The Morgan fingerprint density at radius 1 is 0.925 bits per heavy atom. The molecular formula is C34H33NO5. The van der Waals surface area contributed by atoms with Gasteiger partial charge >= 0.3 is 5.97 Å². The van der Waals surface area contributed by atoms with E-state index >= 15 is 0 Å². The third-order valence-corrected chi connectivity index (χ3v) is 7.88. The molecule has 0 amide bonds. The van der Waals surface area contributed by atoms with Gasteiger partial charge in [0.25, 0.3) is 0 Å². The van der Waals surface area contributed by atoms with Gasteiger partial charge in [-0.25, -0.2) is 4.79 Å². The van der Waals surface area contributed by atoms with E-state index in [9.17, 15) is 4.79 Å². The van der Waals surface area contributed by atoms with Crippen molar-refractivity contribution in [3.63, 3.8) is 0 Å². The van der Waals surface area contributed by atoms with Gasteiger partial charge in [-0.3, -0.25) is 0 Å². The van der Waals surface area contributed by atoms with Crippen LogP contribution in [-0.2, 0) is 15.1 Å². The Labute approximate surface area is 234 Å². The number of nitrogens with zero attached hydrogens (tertiary/aromatic N) is 1. The van der Waals surface area contributed by atoms with Crippen LogP contribution in [0.2, 0.25) is 0 Å². The summed E-state index contributed by atoms with van der Waals surface area (Å²) in [6, 6.07) is 24.6. The van der Waals surface area contributed by atoms with Crippen LogP contribution in [0.3, 0.4) is 0 Å². The van der Waals surface area contributed by atoms with Gasteiger partial charge in [-0.2, -0.15) is 0 Å². The van der Waals surface area contributed by atoms with Crippen molar-refractivity contribution < 1.29 is 23.7 Å². The third kappa shape index (κ3) is 4.38. The molecule has 2 aliphatic rings. The molecule has 0 aliphatic carbocycles. The summed E-state index contributed by atoms with van der Waals surface area (Å²) in [5, 5.41) is 1.92. The molecule has 0 N–H and O–H groups in total. The number of benzene rings is 4. The highest BCUT2D eigenvalue weighted by Gasteiger charge is 2.39. The highest BCUT2D eigenvalue weighted by molar-refractivity contribution is 6.06. The fourth-order valence-electron chi connectivity index (χ4n) is 5.79. The molecule has 0 bridgehead atoms. The lowest BCUT2D eigenvalue weighted by Gasteiger charge is -2.38. The quantitative estimate of drug-likeness (QED) is 0.262. The number of carbonyl (C=O) groups is 1. The SMILES string of the molecule is CCOC(=O)c1c2c(c3ccccc3c1C)OC(c1ccc(OC)cc1)(c1ccc(N3CCOCC3)cc1)C=C2. The Morgan fingerprint density at radius 2 is 1.57 bits per heavy atom. The second-order valence-corrected chi connectivity index (χ2v) is 10.1. The minimum atomic E-state index is -0.924. The summed E-state index contributed by atoms with van der Waals surface area (Å²) in [5.41, 5.74) is 4.33. The number of fused-ring (bicyclic) bond motifs is 3. The van der Waals surface area contributed by atoms with E-state index in [1.807, 2.05) is 62.4 Å². The predicted octanol–water partition coefficient (Wildman–Crippen LogP) is 6.52. The Morgan fingerprint density at radius 3 is 2.23 bits per heavy atom. The number of aryl methyl sites for hydroxylation is 1. The molecule has 4 aromatic rings. The molecule has 40 heavy (non-hydrogen) atoms. The molecule has 4 aromatic carbocycles. The smallest absolute Gasteiger partial charge is 0.339 e. The molecule has 1 saturated heterocycles. The number of ether oxygens (including phenoxy) is 4. The first-order valence-corrected chi connectivity index (χ1v) is 13.7. The van der Waals surface area contributed by atoms with Crippen LogP contribution in [0.25, 0.3) is 16.8 Å². The second kappa shape index (κ2) is 10.7. The number of morpholine rings is 1. The van der Waals surface area contributed by atoms with Gasteiger partial charge in [-0.15, -0.1) is 0 Å². The van der Waals surface area contributed by atoms with Crippen molar-refractivity contribution in [3.8, 4) is 11.5 Å². The van der Waals surface area contributed by atoms with Crippen molar-refractivity contribution in [2.45, 2.75) is 19.4 Å². The van der Waals surface area contributed by atoms with E-state index < -0.39 is 5.60 Å². The molecule has 0 radical (unpaired) electrons. The van der Waals surface area contributed by atoms with Crippen LogP contribution >= 0.6 is 0 Å². The summed E-state index contributed by atoms with van der Waals surface area (Å²) >= 11 is 0. The molecule has 6 nitrogen and oxygen atoms in total. The van der Waals surface area contributed by atoms with Gasteiger partial charge in [0.2, 0.25) is 0 Å². The van der Waals surface area contributed by atoms with E-state index in [1.54, 1.807) is 7.11 Å². The van der Waals surface area contributed by atoms with Crippen molar-refractivity contribution in [2.75, 3.05) is 44.9 Å². The van der Waals surface area contributed by atoms with Gasteiger partial charge in [-0.1, -0.05) is 48.5 Å². The lowest BCUT2D eigenvalue weighted by atomic mass is 9.82. The van der Waals surface area contributed by atoms with E-state index in [4.69, 9.17) is 18.9 Å². The number of hydrogen-bond donors (Lipinski definition) is 0. The molecule has 2 heterocycles. The van der Waals surface area contributed by atoms with Crippen molar-refractivity contribution in [1.29, 1.82) is 0 Å². The average Bonchev–Trinajstić information content (AvgIpc) is 3.02. The van der Waals surface area contributed by atoms with Crippen molar-refractivity contribution in [1.82, 2.24) is 0 Å². The van der Waals surface area contributed by atoms with Gasteiger partial charge in [0.1, 0.15) is 11.5 Å². The van der Waals surface area contributed by atoms with Gasteiger partial charge < -0.3 is 23.8 Å². The van der Waals surface area contributed by atoms with E-state index in [2.05, 4.69) is 41.3 Å². The van der Waals surface area contributed by atoms with Crippen LogP contribution in [-0.4, -0.2) is 46.0 Å². The lowest BCUT2D eigenvalue weighted by Crippen LogP contribution is -2.37. The molecule has 0 aromatic heterocycles. The van der Waals surface area contributed by atoms with Crippen LogP contribution in [0.4, 0.5) is 5.69 Å². The highest BCUT2D eigenvalue weighted by Crippen LogP contribution is 2.48. The number of hydrogen-bond acceptors (Lipinski definition) is 6. The third-order valence-electron chi connectivity index (χ3n) is 7.88. The Hall–Kier alpha value is -4.29. The van der Waals surface area contributed by atoms with Gasteiger partial charge in [0.05, 0.1) is 32.5 Å². The number of anilines is 1. The summed E-state index contributed by atoms with van der Waals surface area (Å²) in [6.07, 6.45) is 4.07. The molecular weight excluding hydrogens is 502 g/mol. The zero-order valence-corrected chi connectivity index (χ0v) is 23.1. The van der Waals surface area contributed by atoms with Crippen LogP contribution in [0.1, 0.15) is 39.5 Å². The fourth-order valence-corrected chi connectivity index (χ4v) is 5.79. The monoisotopic (exact) mass is 535 g/mol. The minimum absolute atomic E-state index is 0.301. The lowest BCUT2D eigenvalue weighted by molar-refractivity contribution is 0.0524. The largest absolute Gasteiger partial charge is 0.497 e. The van der Waals surface area contributed by atoms with Gasteiger partial charge in [0, 0.05) is 40.9 Å². The fraction of sp³-hybridized carbons (Fsp3) is 0.265. The minimum Gasteiger partial charge on any atom is -0.497 e. The van der Waals surface area contributed by atoms with E-state index in [-0.39, 0.29) is 5.97 Å². The average molecular weight is 536 g/mol. The van der Waals surface area contributed by atoms with Crippen LogP contribution in [0.5, 0.6) is 11.5 Å². The topological polar surface area (TPSA) is 57.2 Å². The van der Waals surface area contributed by atoms with Crippen molar-refractivity contribution in [2.24, 2.45) is 0 Å². The first kappa shape index (κ1) is 26.0. The van der Waals surface area contributed by atoms with E-state index in [0.717, 1.165) is 70.8 Å². The molecule has 1 atom stereocenters. The Kier molecular flexibility index (Phi) is 6.95. The zero-order chi connectivity index (χ0) is 27.7. The van der Waals surface area contributed by atoms with E-state index in [0.29, 0.717) is 17.9 Å². The summed E-state index contributed by atoms with van der Waals surface area (Å²) in [7, 11) is 1.66. The first-order valence-electron chi connectivity index (χ1n) is 13.7. The number of methoxy groups -OCH3 is 1. The number of rotatable bonds is 6. The van der Waals surface area contributed by atoms with Gasteiger partial charge in [0.15, 0.2) is 5.60 Å². The predicted molar refractivity (Wildman–Crippen MR) is 158 cm³/mol. The molecule has 6 rings (SSSR count). The molecule has 6 heteroatoms. The number of esters is 1. The number of carbonyl (C=O) groups excluding carboxylic acids is 1. The molecule has 0 spiro atoms. The highest BCUT2D eigenvalue weighted by atomic mass is 16.5. The van der Waals surface area contributed by atoms with Gasteiger partial charge in [-0.05, 0) is 61.2 Å². The van der Waals surface area contributed by atoms with Crippen LogP contribution in [0.15, 0.2) is 78.9 Å². The summed E-state index contributed by atoms with van der Waals surface area (Å²) in [6.45, 7) is 7.30. The molecule has 0 saturated carbocycles. The zero-order valence-electron chi connectivity index (χ0n) is 23.1. The standard InChI is InChI=1S/C34H33NO5/c1-4-39-33(36)31-23(2)28-7-5-6-8-29(28)32-30(31)17-18-34(40-32,25-11-15-27(37-3)16-12-25)24-9-13-26(14-10-24)35-19-21-38-22-20-35/h5-18H,4,19-22H2,1-3H3. The maximum absolute atomic E-state index is 13.2. The first-order chi connectivity index (χ1) is 19.6. The maximum atomic E-state index is 13.2. The molecule has 1 unspecified atom stereocenters. The Bertz CT molecular complexity index is 1570. The van der Waals surface area contributed by atoms with Crippen molar-refractivity contribution >= 4 is 28.5 Å². The molecule has 1 fully saturated rings. The second-order valence-electron chi connectivity index (χ2n) is 10.1. The van der Waals surface area contributed by atoms with Crippen LogP contribution < -0.4 is 14.4 Å². The summed E-state index contributed by atoms with van der Waals surface area (Å²) in [4.78, 5) is 15.5. The van der Waals surface area contributed by atoms with E-state index in [1.165, 1.54) is 0 Å². The molecule has 204 valence electrons. The summed E-state index contributed by atoms with van der Waals surface area (Å²) < 4.78 is 23.6. The maximum Gasteiger partial charge on any atom is 0.339 e. The Balaban J connectivity index is 1.54. The van der Waals surface area contributed by atoms with Crippen molar-refractivity contribution in [3.05, 3.63) is 107 Å². The molecule has 2 aliphatic heterocycles.